The summed E-state index contributed by atoms with van der Waals surface area (Å²) in [5, 5.41) is 17.6. The molecule has 1 fully saturated rings. The average molecular weight is 379 g/mol. The molecular formula is C20H25N7O. The van der Waals surface area contributed by atoms with Gasteiger partial charge in [0.15, 0.2) is 0 Å². The van der Waals surface area contributed by atoms with E-state index >= 15 is 0 Å². The largest absolute Gasteiger partial charge is 0.367 e. The van der Waals surface area contributed by atoms with E-state index in [0.29, 0.717) is 31.0 Å². The van der Waals surface area contributed by atoms with E-state index in [2.05, 4.69) is 36.9 Å². The first kappa shape index (κ1) is 19.4. The summed E-state index contributed by atoms with van der Waals surface area (Å²) in [4.78, 5) is 22.9. The second kappa shape index (κ2) is 10.1. The molecule has 0 radical (unpaired) electrons. The van der Waals surface area contributed by atoms with Gasteiger partial charge in [0.1, 0.15) is 17.7 Å². The van der Waals surface area contributed by atoms with Gasteiger partial charge in [0.2, 0.25) is 0 Å². The number of nitrogens with zero attached hydrogens (tertiary/aromatic N) is 4. The van der Waals surface area contributed by atoms with Crippen LogP contribution in [0.4, 0.5) is 16.4 Å². The lowest BCUT2D eigenvalue weighted by molar-refractivity contribution is 0.241. The maximum Gasteiger partial charge on any atom is 0.315 e. The molecule has 3 rings (SSSR count). The number of urea groups is 1. The Kier molecular flexibility index (Phi) is 7.01. The molecule has 8 heteroatoms. The summed E-state index contributed by atoms with van der Waals surface area (Å²) in [7, 11) is 0. The van der Waals surface area contributed by atoms with Crippen molar-refractivity contribution in [2.45, 2.75) is 25.8 Å². The highest BCUT2D eigenvalue weighted by molar-refractivity contribution is 5.73. The Morgan fingerprint density at radius 1 is 1.11 bits per heavy atom. The number of anilines is 2. The molecule has 0 spiro atoms. The molecule has 3 N–H and O–H groups in total. The van der Waals surface area contributed by atoms with Gasteiger partial charge in [-0.15, -0.1) is 0 Å². The summed E-state index contributed by atoms with van der Waals surface area (Å²) < 4.78 is 0. The fraction of sp³-hybridized carbons (Fsp3) is 0.400. The van der Waals surface area contributed by atoms with E-state index in [9.17, 15) is 4.79 Å². The molecule has 2 aromatic rings. The lowest BCUT2D eigenvalue weighted by Crippen LogP contribution is -2.37. The lowest BCUT2D eigenvalue weighted by Gasteiger charge is -2.27. The monoisotopic (exact) mass is 379 g/mol. The molecule has 0 atom stereocenters. The van der Waals surface area contributed by atoms with Gasteiger partial charge in [-0.05, 0) is 43.0 Å². The van der Waals surface area contributed by atoms with Gasteiger partial charge in [0.25, 0.3) is 0 Å². The Hall–Kier alpha value is -3.34. The number of hydrogen-bond acceptors (Lipinski definition) is 6. The van der Waals surface area contributed by atoms with Crippen LogP contribution in [-0.2, 0) is 6.54 Å². The number of carbonyl (C=O) groups excluding carboxylic acids is 1. The maximum absolute atomic E-state index is 11.9. The van der Waals surface area contributed by atoms with Crippen molar-refractivity contribution in [3.63, 3.8) is 0 Å². The minimum Gasteiger partial charge on any atom is -0.367 e. The Labute approximate surface area is 165 Å². The van der Waals surface area contributed by atoms with Crippen molar-refractivity contribution in [3.05, 3.63) is 47.8 Å². The standard InChI is InChI=1S/C20H25N7O/c21-13-17-5-4-8-22-19(17)23-9-10-24-20(28)26-15-16-6-7-18(25-14-16)27-11-2-1-3-12-27/h4-8,14H,1-3,9-12,15H2,(H,22,23)(H2,24,26,28). The Bertz CT molecular complexity index is 810. The summed E-state index contributed by atoms with van der Waals surface area (Å²) in [6.07, 6.45) is 7.17. The minimum atomic E-state index is -0.247. The van der Waals surface area contributed by atoms with Gasteiger partial charge < -0.3 is 20.9 Å². The van der Waals surface area contributed by atoms with Crippen LogP contribution < -0.4 is 20.9 Å². The summed E-state index contributed by atoms with van der Waals surface area (Å²) in [5.41, 5.74) is 1.44. The van der Waals surface area contributed by atoms with Gasteiger partial charge in [-0.1, -0.05) is 6.07 Å². The topological polar surface area (TPSA) is 106 Å². The van der Waals surface area contributed by atoms with Gasteiger partial charge in [0.05, 0.1) is 5.56 Å². The molecule has 0 aliphatic carbocycles. The van der Waals surface area contributed by atoms with Gasteiger partial charge in [0, 0.05) is 45.1 Å². The van der Waals surface area contributed by atoms with Crippen LogP contribution in [0.5, 0.6) is 0 Å². The van der Waals surface area contributed by atoms with Crippen molar-refractivity contribution in [2.24, 2.45) is 0 Å². The van der Waals surface area contributed by atoms with Crippen molar-refractivity contribution >= 4 is 17.7 Å². The molecule has 0 unspecified atom stereocenters. The van der Waals surface area contributed by atoms with Gasteiger partial charge >= 0.3 is 6.03 Å². The van der Waals surface area contributed by atoms with Crippen LogP contribution in [0.15, 0.2) is 36.7 Å². The summed E-state index contributed by atoms with van der Waals surface area (Å²) >= 11 is 0. The first-order valence-electron chi connectivity index (χ1n) is 9.57. The first-order valence-corrected chi connectivity index (χ1v) is 9.57. The summed E-state index contributed by atoms with van der Waals surface area (Å²) in [6.45, 7) is 3.45. The Balaban J connectivity index is 1.35. The van der Waals surface area contributed by atoms with Crippen LogP contribution in [0, 0.1) is 11.3 Å². The second-order valence-corrected chi connectivity index (χ2v) is 6.62. The predicted octanol–water partition coefficient (Wildman–Crippen LogP) is 2.25. The third-order valence-corrected chi connectivity index (χ3v) is 4.57. The van der Waals surface area contributed by atoms with Crippen molar-refractivity contribution in [2.75, 3.05) is 36.4 Å². The maximum atomic E-state index is 11.9. The Morgan fingerprint density at radius 2 is 1.96 bits per heavy atom. The molecule has 1 aliphatic heterocycles. The molecular weight excluding hydrogens is 354 g/mol. The number of pyridine rings is 2. The van der Waals surface area contributed by atoms with Crippen LogP contribution >= 0.6 is 0 Å². The van der Waals surface area contributed by atoms with E-state index in [1.54, 1.807) is 18.3 Å². The number of nitrogens with one attached hydrogen (secondary N) is 3. The molecule has 28 heavy (non-hydrogen) atoms. The lowest BCUT2D eigenvalue weighted by atomic mass is 10.1. The molecule has 0 saturated carbocycles. The molecule has 0 aromatic carbocycles. The molecule has 2 aromatic heterocycles. The van der Waals surface area contributed by atoms with Gasteiger partial charge in [-0.3, -0.25) is 0 Å². The number of rotatable bonds is 7. The number of nitriles is 1. The highest BCUT2D eigenvalue weighted by Crippen LogP contribution is 2.17. The molecule has 0 bridgehead atoms. The Morgan fingerprint density at radius 3 is 2.71 bits per heavy atom. The normalized spacial score (nSPS) is 13.5. The molecule has 8 nitrogen and oxygen atoms in total. The zero-order valence-corrected chi connectivity index (χ0v) is 15.8. The number of hydrogen-bond donors (Lipinski definition) is 3. The van der Waals surface area contributed by atoms with Crippen LogP contribution in [0.1, 0.15) is 30.4 Å². The van der Waals surface area contributed by atoms with Crippen LogP contribution in [0.3, 0.4) is 0 Å². The minimum absolute atomic E-state index is 0.247. The predicted molar refractivity (Wildman–Crippen MR) is 108 cm³/mol. The molecule has 3 heterocycles. The van der Waals surface area contributed by atoms with Crippen molar-refractivity contribution in [3.8, 4) is 6.07 Å². The van der Waals surface area contributed by atoms with E-state index in [1.807, 2.05) is 18.3 Å². The van der Waals surface area contributed by atoms with Crippen LogP contribution in [0.25, 0.3) is 0 Å². The molecule has 2 amide bonds. The molecule has 146 valence electrons. The van der Waals surface area contributed by atoms with Crippen molar-refractivity contribution in [1.29, 1.82) is 5.26 Å². The van der Waals surface area contributed by atoms with Crippen molar-refractivity contribution in [1.82, 2.24) is 20.6 Å². The fourth-order valence-corrected chi connectivity index (χ4v) is 3.07. The average Bonchev–Trinajstić information content (AvgIpc) is 2.76. The van der Waals surface area contributed by atoms with E-state index in [4.69, 9.17) is 5.26 Å². The van der Waals surface area contributed by atoms with E-state index < -0.39 is 0 Å². The zero-order valence-electron chi connectivity index (χ0n) is 15.8. The van der Waals surface area contributed by atoms with Crippen molar-refractivity contribution < 1.29 is 4.79 Å². The summed E-state index contributed by atoms with van der Waals surface area (Å²) in [6, 6.07) is 9.26. The number of carbonyl (C=O) groups is 1. The van der Waals surface area contributed by atoms with E-state index in [0.717, 1.165) is 24.5 Å². The third kappa shape index (κ3) is 5.58. The number of piperidine rings is 1. The third-order valence-electron chi connectivity index (χ3n) is 4.57. The SMILES string of the molecule is N#Cc1cccnc1NCCNC(=O)NCc1ccc(N2CCCCC2)nc1. The van der Waals surface area contributed by atoms with Crippen LogP contribution in [-0.4, -0.2) is 42.2 Å². The fourth-order valence-electron chi connectivity index (χ4n) is 3.07. The van der Waals surface area contributed by atoms with E-state index in [-0.39, 0.29) is 6.03 Å². The van der Waals surface area contributed by atoms with Crippen LogP contribution in [0.2, 0.25) is 0 Å². The van der Waals surface area contributed by atoms with Gasteiger partial charge in [-0.25, -0.2) is 14.8 Å². The molecule has 1 aliphatic rings. The number of amides is 2. The molecule has 1 saturated heterocycles. The highest BCUT2D eigenvalue weighted by Gasteiger charge is 2.11. The number of aromatic nitrogens is 2. The smallest absolute Gasteiger partial charge is 0.315 e. The van der Waals surface area contributed by atoms with E-state index in [1.165, 1.54) is 19.3 Å². The first-order chi connectivity index (χ1) is 13.8. The van der Waals surface area contributed by atoms with Gasteiger partial charge in [-0.2, -0.15) is 5.26 Å². The zero-order chi connectivity index (χ0) is 19.6. The summed E-state index contributed by atoms with van der Waals surface area (Å²) in [5.74, 6) is 1.53. The highest BCUT2D eigenvalue weighted by atomic mass is 16.2. The second-order valence-electron chi connectivity index (χ2n) is 6.62. The quantitative estimate of drug-likeness (QED) is 0.637.